The average molecular weight is 524 g/mol. The molecule has 0 aromatic heterocycles. The van der Waals surface area contributed by atoms with E-state index in [2.05, 4.69) is 112 Å². The van der Waals surface area contributed by atoms with Gasteiger partial charge in [-0.25, -0.2) is 0 Å². The number of hydrogen-bond donors (Lipinski definition) is 0. The van der Waals surface area contributed by atoms with Gasteiger partial charge in [-0.05, 0) is 22.3 Å². The van der Waals surface area contributed by atoms with Crippen LogP contribution in [-0.4, -0.2) is 0 Å². The van der Waals surface area contributed by atoms with Crippen molar-refractivity contribution in [2.75, 3.05) is 0 Å². The molecule has 104 valence electrons. The van der Waals surface area contributed by atoms with E-state index in [-0.39, 0.29) is 6.47 Å². The zero-order chi connectivity index (χ0) is 14.4. The molecule has 0 saturated heterocycles. The Bertz CT molecular complexity index is 554. The molecule has 0 unspecified atom stereocenters. The number of halogens is 4. The van der Waals surface area contributed by atoms with Crippen molar-refractivity contribution in [3.05, 3.63) is 70.8 Å². The molecule has 0 aliphatic heterocycles. The monoisotopic (exact) mass is 520 g/mol. The minimum Gasteiger partial charge on any atom is -0.0671 e. The van der Waals surface area contributed by atoms with Crippen LogP contribution in [0.2, 0.25) is 0 Å². The van der Waals surface area contributed by atoms with Crippen LogP contribution in [0, 0.1) is 0 Å². The van der Waals surface area contributed by atoms with Crippen LogP contribution in [0.3, 0.4) is 0 Å². The lowest BCUT2D eigenvalue weighted by molar-refractivity contribution is 0.865. The van der Waals surface area contributed by atoms with Crippen molar-refractivity contribution in [2.45, 2.75) is 19.3 Å². The van der Waals surface area contributed by atoms with Crippen molar-refractivity contribution in [1.29, 1.82) is 0 Å². The van der Waals surface area contributed by atoms with Crippen LogP contribution in [0.1, 0.15) is 22.3 Å². The molecule has 2 aromatic rings. The highest BCUT2D eigenvalue weighted by Crippen LogP contribution is 2.45. The molecule has 0 heterocycles. The number of hydrogen-bond acceptors (Lipinski definition) is 0. The third-order valence-corrected chi connectivity index (χ3v) is 6.56. The molecule has 2 aromatic carbocycles. The van der Waals surface area contributed by atoms with Crippen LogP contribution >= 0.6 is 63.7 Å². The summed E-state index contributed by atoms with van der Waals surface area (Å²) in [4.78, 5) is 0. The minimum absolute atomic E-state index is 0.209. The Kier molecular flexibility index (Phi) is 4.22. The second-order valence-electron chi connectivity index (χ2n) is 5.16. The quantitative estimate of drug-likeness (QED) is 0.352. The maximum absolute atomic E-state index is 3.81. The van der Waals surface area contributed by atoms with Crippen LogP contribution in [0.5, 0.6) is 0 Å². The van der Waals surface area contributed by atoms with Gasteiger partial charge in [0.25, 0.3) is 0 Å². The van der Waals surface area contributed by atoms with Gasteiger partial charge in [0.15, 0.2) is 0 Å². The lowest BCUT2D eigenvalue weighted by Crippen LogP contribution is -2.17. The van der Waals surface area contributed by atoms with Gasteiger partial charge in [0.2, 0.25) is 0 Å². The van der Waals surface area contributed by atoms with Crippen molar-refractivity contribution < 1.29 is 0 Å². The van der Waals surface area contributed by atoms with Gasteiger partial charge in [-0.1, -0.05) is 112 Å². The lowest BCUT2D eigenvalue weighted by Gasteiger charge is -2.26. The maximum atomic E-state index is 3.81. The molecule has 4 aliphatic carbocycles. The molecule has 20 heavy (non-hydrogen) atoms. The van der Waals surface area contributed by atoms with Crippen molar-refractivity contribution in [1.82, 2.24) is 0 Å². The molecule has 0 amide bonds. The van der Waals surface area contributed by atoms with E-state index in [0.717, 1.165) is 12.8 Å². The Morgan fingerprint density at radius 3 is 1.15 bits per heavy atom. The molecule has 0 atom stereocenters. The zero-order valence-electron chi connectivity index (χ0n) is 10.5. The normalized spacial score (nSPS) is 19.4. The first-order valence-electron chi connectivity index (χ1n) is 6.31. The molecule has 0 saturated carbocycles. The second kappa shape index (κ2) is 5.53. The fraction of sp³-hybridized carbons (Fsp3) is 0.250. The van der Waals surface area contributed by atoms with E-state index in [0.29, 0.717) is 0 Å². The van der Waals surface area contributed by atoms with Crippen LogP contribution in [0.25, 0.3) is 0 Å². The first-order valence-corrected chi connectivity index (χ1v) is 9.48. The number of alkyl halides is 4. The van der Waals surface area contributed by atoms with Crippen molar-refractivity contribution >= 4 is 63.7 Å². The van der Waals surface area contributed by atoms with Crippen LogP contribution < -0.4 is 0 Å². The van der Waals surface area contributed by atoms with Crippen molar-refractivity contribution in [2.24, 2.45) is 0 Å². The Hall–Kier alpha value is 0.360. The van der Waals surface area contributed by atoms with Gasteiger partial charge in [-0.15, -0.1) is 0 Å². The minimum atomic E-state index is -0.209. The third-order valence-electron chi connectivity index (χ3n) is 3.60. The smallest absolute Gasteiger partial charge is 0.0671 e. The highest BCUT2D eigenvalue weighted by Gasteiger charge is 2.29. The summed E-state index contributed by atoms with van der Waals surface area (Å²) in [5.74, 6) is 0. The van der Waals surface area contributed by atoms with E-state index in [1.54, 1.807) is 0 Å². The first-order chi connectivity index (χ1) is 9.37. The van der Waals surface area contributed by atoms with Gasteiger partial charge in [-0.2, -0.15) is 0 Å². The van der Waals surface area contributed by atoms with Crippen LogP contribution in [0.4, 0.5) is 0 Å². The predicted molar refractivity (Wildman–Crippen MR) is 99.4 cm³/mol. The summed E-state index contributed by atoms with van der Waals surface area (Å²) in [5, 5.41) is 0. The summed E-state index contributed by atoms with van der Waals surface area (Å²) < 4.78 is -0.418. The topological polar surface area (TPSA) is 0 Å². The Balaban J connectivity index is 2.15. The highest BCUT2D eigenvalue weighted by molar-refractivity contribution is 9.25. The first kappa shape index (κ1) is 15.3. The molecule has 4 heteroatoms. The summed E-state index contributed by atoms with van der Waals surface area (Å²) in [6.07, 6.45) is 1.79. The van der Waals surface area contributed by atoms with Gasteiger partial charge >= 0.3 is 0 Å². The SMILES string of the molecule is BrC1(Br)Cc2ccc(cc2)C(Br)(Br)Cc2ccc1cc2. The fourth-order valence-electron chi connectivity index (χ4n) is 2.45. The molecule has 0 N–H and O–H groups in total. The molecule has 4 bridgehead atoms. The number of rotatable bonds is 0. The summed E-state index contributed by atoms with van der Waals surface area (Å²) >= 11 is 15.2. The van der Waals surface area contributed by atoms with E-state index in [4.69, 9.17) is 0 Å². The van der Waals surface area contributed by atoms with Gasteiger partial charge in [-0.3, -0.25) is 0 Å². The summed E-state index contributed by atoms with van der Waals surface area (Å²) in [7, 11) is 0. The van der Waals surface area contributed by atoms with Gasteiger partial charge in [0.1, 0.15) is 6.47 Å². The Morgan fingerprint density at radius 1 is 0.550 bits per heavy atom. The van der Waals surface area contributed by atoms with Gasteiger partial charge in [0, 0.05) is 12.8 Å². The van der Waals surface area contributed by atoms with Crippen LogP contribution in [0.15, 0.2) is 48.5 Å². The van der Waals surface area contributed by atoms with E-state index < -0.39 is 0 Å². The molecule has 0 nitrogen and oxygen atoms in total. The largest absolute Gasteiger partial charge is 0.109 e. The maximum Gasteiger partial charge on any atom is 0.109 e. The molecular formula is C16H12Br4. The standard InChI is InChI=1S/C16H12Br4/c17-15(18)9-11-1-5-13(6-2-11)16(19,20)10-12-3-7-14(15)8-4-12/h1-8H,9-10H2. The molecular weight excluding hydrogens is 512 g/mol. The average Bonchev–Trinajstić information content (AvgIpc) is 2.38. The Labute approximate surface area is 152 Å². The molecule has 6 rings (SSSR count). The summed E-state index contributed by atoms with van der Waals surface area (Å²) in [6.45, 7) is 0. The zero-order valence-corrected chi connectivity index (χ0v) is 16.9. The summed E-state index contributed by atoms with van der Waals surface area (Å²) in [5.41, 5.74) is 5.06. The molecule has 0 spiro atoms. The predicted octanol–water partition coefficient (Wildman–Crippen LogP) is 6.37. The fourth-order valence-corrected chi connectivity index (χ4v) is 4.80. The van der Waals surface area contributed by atoms with E-state index >= 15 is 0 Å². The van der Waals surface area contributed by atoms with Gasteiger partial charge in [0.05, 0.1) is 0 Å². The van der Waals surface area contributed by atoms with Gasteiger partial charge < -0.3 is 0 Å². The number of benzene rings is 2. The molecule has 0 radical (unpaired) electrons. The van der Waals surface area contributed by atoms with E-state index in [1.807, 2.05) is 0 Å². The lowest BCUT2D eigenvalue weighted by atomic mass is 9.96. The molecule has 4 aliphatic rings. The third kappa shape index (κ3) is 3.08. The van der Waals surface area contributed by atoms with E-state index in [9.17, 15) is 0 Å². The Morgan fingerprint density at radius 2 is 0.850 bits per heavy atom. The highest BCUT2D eigenvalue weighted by atomic mass is 79.9. The second-order valence-corrected chi connectivity index (χ2v) is 12.7. The van der Waals surface area contributed by atoms with Crippen LogP contribution in [-0.2, 0) is 19.3 Å². The van der Waals surface area contributed by atoms with E-state index in [1.165, 1.54) is 22.3 Å². The van der Waals surface area contributed by atoms with Crippen molar-refractivity contribution in [3.63, 3.8) is 0 Å². The molecule has 0 fully saturated rings. The van der Waals surface area contributed by atoms with Crippen molar-refractivity contribution in [3.8, 4) is 0 Å². The summed E-state index contributed by atoms with van der Waals surface area (Å²) in [6, 6.07) is 17.5.